The fourth-order valence-corrected chi connectivity index (χ4v) is 3.52. The van der Waals surface area contributed by atoms with Crippen LogP contribution < -0.4 is 5.32 Å². The number of benzene rings is 1. The van der Waals surface area contributed by atoms with Crippen LogP contribution in [-0.2, 0) is 6.42 Å². The minimum atomic E-state index is -0.0888. The van der Waals surface area contributed by atoms with Gasteiger partial charge in [0.2, 0.25) is 0 Å². The Labute approximate surface area is 130 Å². The molecule has 0 amide bonds. The lowest BCUT2D eigenvalue weighted by atomic mass is 9.93. The van der Waals surface area contributed by atoms with E-state index >= 15 is 0 Å². The second-order valence-corrected chi connectivity index (χ2v) is 6.89. The van der Waals surface area contributed by atoms with Crippen LogP contribution in [0.4, 0.5) is 4.39 Å². The molecule has 0 spiro atoms. The first-order chi connectivity index (χ1) is 9.69. The van der Waals surface area contributed by atoms with Crippen LogP contribution in [0.25, 0.3) is 0 Å². The summed E-state index contributed by atoms with van der Waals surface area (Å²) >= 11 is 3.32. The van der Waals surface area contributed by atoms with E-state index in [-0.39, 0.29) is 5.82 Å². The highest BCUT2D eigenvalue weighted by atomic mass is 79.9. The van der Waals surface area contributed by atoms with E-state index < -0.39 is 0 Å². The van der Waals surface area contributed by atoms with E-state index in [9.17, 15) is 4.39 Å². The van der Waals surface area contributed by atoms with Crippen LogP contribution in [0, 0.1) is 11.7 Å². The van der Waals surface area contributed by atoms with Crippen LogP contribution in [-0.4, -0.2) is 12.6 Å². The predicted molar refractivity (Wildman–Crippen MR) is 86.5 cm³/mol. The number of nitrogens with one attached hydrogen (secondary N) is 1. The van der Waals surface area contributed by atoms with Gasteiger partial charge in [0.05, 0.1) is 0 Å². The molecule has 20 heavy (non-hydrogen) atoms. The Balaban J connectivity index is 1.97. The summed E-state index contributed by atoms with van der Waals surface area (Å²) in [5, 5.41) is 3.61. The lowest BCUT2D eigenvalue weighted by Gasteiger charge is -2.22. The van der Waals surface area contributed by atoms with E-state index in [1.807, 2.05) is 12.1 Å². The summed E-state index contributed by atoms with van der Waals surface area (Å²) in [6.07, 6.45) is 8.57. The van der Waals surface area contributed by atoms with Crippen molar-refractivity contribution >= 4 is 15.9 Å². The molecule has 1 saturated carbocycles. The largest absolute Gasteiger partial charge is 0.314 e. The van der Waals surface area contributed by atoms with E-state index in [1.54, 1.807) is 6.07 Å². The molecule has 1 unspecified atom stereocenters. The molecule has 1 nitrogen and oxygen atoms in total. The molecule has 0 heterocycles. The fraction of sp³-hybridized carbons (Fsp3) is 0.647. The van der Waals surface area contributed by atoms with Crippen LogP contribution in [0.5, 0.6) is 0 Å². The molecule has 3 heteroatoms. The van der Waals surface area contributed by atoms with Crippen molar-refractivity contribution in [3.8, 4) is 0 Å². The Morgan fingerprint density at radius 3 is 2.75 bits per heavy atom. The van der Waals surface area contributed by atoms with E-state index in [0.29, 0.717) is 6.04 Å². The van der Waals surface area contributed by atoms with Crippen molar-refractivity contribution in [2.45, 2.75) is 57.9 Å². The van der Waals surface area contributed by atoms with E-state index in [4.69, 9.17) is 0 Å². The maximum absolute atomic E-state index is 14.0. The van der Waals surface area contributed by atoms with Crippen LogP contribution >= 0.6 is 15.9 Å². The second-order valence-electron chi connectivity index (χ2n) is 5.98. The topological polar surface area (TPSA) is 12.0 Å². The zero-order valence-electron chi connectivity index (χ0n) is 12.3. The first-order valence-electron chi connectivity index (χ1n) is 7.86. The standard InChI is InChI=1S/C17H25BrFN/c1-2-9-20-16(10-13-5-3-4-6-13)11-14-7-8-15(18)12-17(14)19/h7-8,12-13,16,20H,2-6,9-11H2,1H3. The molecule has 0 bridgehead atoms. The molecule has 1 fully saturated rings. The second kappa shape index (κ2) is 8.14. The SMILES string of the molecule is CCCNC(Cc1ccc(Br)cc1F)CC1CCCC1. The normalized spacial score (nSPS) is 17.6. The van der Waals surface area contributed by atoms with Gasteiger partial charge in [-0.15, -0.1) is 0 Å². The lowest BCUT2D eigenvalue weighted by Crippen LogP contribution is -2.33. The Bertz CT molecular complexity index is 415. The molecule has 2 rings (SSSR count). The molecular weight excluding hydrogens is 317 g/mol. The minimum Gasteiger partial charge on any atom is -0.314 e. The van der Waals surface area contributed by atoms with Gasteiger partial charge in [0.1, 0.15) is 5.82 Å². The van der Waals surface area contributed by atoms with Crippen molar-refractivity contribution in [2.75, 3.05) is 6.54 Å². The van der Waals surface area contributed by atoms with Gasteiger partial charge in [-0.1, -0.05) is 54.6 Å². The molecule has 0 aromatic heterocycles. The van der Waals surface area contributed by atoms with Gasteiger partial charge in [-0.2, -0.15) is 0 Å². The molecule has 0 radical (unpaired) electrons. The van der Waals surface area contributed by atoms with Gasteiger partial charge in [0, 0.05) is 10.5 Å². The van der Waals surface area contributed by atoms with Gasteiger partial charge in [0.25, 0.3) is 0 Å². The van der Waals surface area contributed by atoms with Gasteiger partial charge in [-0.25, -0.2) is 4.39 Å². The Kier molecular flexibility index (Phi) is 6.50. The molecule has 112 valence electrons. The van der Waals surface area contributed by atoms with Crippen molar-refractivity contribution < 1.29 is 4.39 Å². The summed E-state index contributed by atoms with van der Waals surface area (Å²) in [7, 11) is 0. The highest BCUT2D eigenvalue weighted by Crippen LogP contribution is 2.29. The van der Waals surface area contributed by atoms with Gasteiger partial charge in [-0.05, 0) is 49.4 Å². The van der Waals surface area contributed by atoms with Gasteiger partial charge in [-0.3, -0.25) is 0 Å². The monoisotopic (exact) mass is 341 g/mol. The van der Waals surface area contributed by atoms with E-state index in [1.165, 1.54) is 32.1 Å². The zero-order valence-corrected chi connectivity index (χ0v) is 13.9. The van der Waals surface area contributed by atoms with Crippen LogP contribution in [0.1, 0.15) is 51.0 Å². The van der Waals surface area contributed by atoms with Gasteiger partial charge < -0.3 is 5.32 Å². The summed E-state index contributed by atoms with van der Waals surface area (Å²) in [5.41, 5.74) is 0.833. The molecule has 1 aromatic carbocycles. The molecule has 1 aromatic rings. The lowest BCUT2D eigenvalue weighted by molar-refractivity contribution is 0.381. The molecule has 0 aliphatic heterocycles. The van der Waals surface area contributed by atoms with E-state index in [0.717, 1.165) is 35.3 Å². The van der Waals surface area contributed by atoms with Crippen molar-refractivity contribution in [3.63, 3.8) is 0 Å². The predicted octanol–water partition coefficient (Wildman–Crippen LogP) is 5.08. The Hall–Kier alpha value is -0.410. The van der Waals surface area contributed by atoms with Gasteiger partial charge in [0.15, 0.2) is 0 Å². The summed E-state index contributed by atoms with van der Waals surface area (Å²) in [4.78, 5) is 0. The number of hydrogen-bond acceptors (Lipinski definition) is 1. The summed E-state index contributed by atoms with van der Waals surface area (Å²) in [6.45, 7) is 3.20. The third kappa shape index (κ3) is 4.85. The molecule has 1 aliphatic carbocycles. The molecule has 1 N–H and O–H groups in total. The van der Waals surface area contributed by atoms with Crippen molar-refractivity contribution in [3.05, 3.63) is 34.1 Å². The Morgan fingerprint density at radius 2 is 2.10 bits per heavy atom. The highest BCUT2D eigenvalue weighted by molar-refractivity contribution is 9.10. The summed E-state index contributed by atoms with van der Waals surface area (Å²) in [5.74, 6) is 0.747. The zero-order chi connectivity index (χ0) is 14.4. The highest BCUT2D eigenvalue weighted by Gasteiger charge is 2.21. The van der Waals surface area contributed by atoms with E-state index in [2.05, 4.69) is 28.2 Å². The smallest absolute Gasteiger partial charge is 0.127 e. The quantitative estimate of drug-likeness (QED) is 0.729. The Morgan fingerprint density at radius 1 is 1.35 bits per heavy atom. The minimum absolute atomic E-state index is 0.0888. The fourth-order valence-electron chi connectivity index (χ4n) is 3.19. The number of halogens is 2. The van der Waals surface area contributed by atoms with Crippen molar-refractivity contribution in [1.82, 2.24) is 5.32 Å². The first-order valence-corrected chi connectivity index (χ1v) is 8.65. The molecule has 0 saturated heterocycles. The van der Waals surface area contributed by atoms with Crippen LogP contribution in [0.15, 0.2) is 22.7 Å². The van der Waals surface area contributed by atoms with Gasteiger partial charge >= 0.3 is 0 Å². The third-order valence-corrected chi connectivity index (χ3v) is 4.75. The summed E-state index contributed by atoms with van der Waals surface area (Å²) in [6, 6.07) is 5.83. The maximum Gasteiger partial charge on any atom is 0.127 e. The average molecular weight is 342 g/mol. The van der Waals surface area contributed by atoms with Crippen molar-refractivity contribution in [1.29, 1.82) is 0 Å². The summed E-state index contributed by atoms with van der Waals surface area (Å²) < 4.78 is 14.8. The number of hydrogen-bond donors (Lipinski definition) is 1. The average Bonchev–Trinajstić information content (AvgIpc) is 2.92. The van der Waals surface area contributed by atoms with Crippen LogP contribution in [0.2, 0.25) is 0 Å². The molecule has 1 atom stereocenters. The first kappa shape index (κ1) is 16.0. The molecular formula is C17H25BrFN. The van der Waals surface area contributed by atoms with Crippen LogP contribution in [0.3, 0.4) is 0 Å². The van der Waals surface area contributed by atoms with Crippen molar-refractivity contribution in [2.24, 2.45) is 5.92 Å². The maximum atomic E-state index is 14.0. The number of rotatable bonds is 7. The third-order valence-electron chi connectivity index (χ3n) is 4.26. The molecule has 1 aliphatic rings.